The quantitative estimate of drug-likeness (QED) is 0.776. The van der Waals surface area contributed by atoms with Crippen molar-refractivity contribution in [3.63, 3.8) is 0 Å². The van der Waals surface area contributed by atoms with Gasteiger partial charge in [-0.3, -0.25) is 4.98 Å². The highest BCUT2D eigenvalue weighted by Gasteiger charge is 2.06. The van der Waals surface area contributed by atoms with Crippen LogP contribution in [0.2, 0.25) is 0 Å². The summed E-state index contributed by atoms with van der Waals surface area (Å²) in [4.78, 5) is 11.2. The number of rotatable bonds is 4. The SMILES string of the molecule is Cc1nccnc1N(C)CCC(C)Br. The number of alkyl halides is 1. The van der Waals surface area contributed by atoms with Crippen molar-refractivity contribution in [2.24, 2.45) is 0 Å². The Morgan fingerprint density at radius 2 is 2.07 bits per heavy atom. The molecule has 0 N–H and O–H groups in total. The maximum absolute atomic E-state index is 4.30. The lowest BCUT2D eigenvalue weighted by Gasteiger charge is -2.19. The third kappa shape index (κ3) is 3.25. The van der Waals surface area contributed by atoms with Crippen molar-refractivity contribution in [3.05, 3.63) is 18.1 Å². The molecule has 0 amide bonds. The molecule has 0 saturated heterocycles. The Kier molecular flexibility index (Phi) is 4.32. The van der Waals surface area contributed by atoms with Crippen molar-refractivity contribution in [1.29, 1.82) is 0 Å². The van der Waals surface area contributed by atoms with Crippen LogP contribution < -0.4 is 4.90 Å². The van der Waals surface area contributed by atoms with Gasteiger partial charge >= 0.3 is 0 Å². The molecule has 0 saturated carbocycles. The average Bonchev–Trinajstić information content (AvgIpc) is 2.15. The van der Waals surface area contributed by atoms with Crippen molar-refractivity contribution < 1.29 is 0 Å². The summed E-state index contributed by atoms with van der Waals surface area (Å²) in [5.41, 5.74) is 0.984. The van der Waals surface area contributed by atoms with E-state index in [-0.39, 0.29) is 0 Å². The number of hydrogen-bond donors (Lipinski definition) is 0. The normalized spacial score (nSPS) is 12.6. The Hall–Kier alpha value is -0.640. The number of anilines is 1. The summed E-state index contributed by atoms with van der Waals surface area (Å²) >= 11 is 3.53. The maximum Gasteiger partial charge on any atom is 0.149 e. The highest BCUT2D eigenvalue weighted by molar-refractivity contribution is 9.09. The molecule has 1 atom stereocenters. The first-order chi connectivity index (χ1) is 6.61. The van der Waals surface area contributed by atoms with E-state index in [0.29, 0.717) is 4.83 Å². The minimum atomic E-state index is 0.543. The standard InChI is InChI=1S/C10H16BrN3/c1-8(11)4-7-14(3)10-9(2)12-5-6-13-10/h5-6,8H,4,7H2,1-3H3. The summed E-state index contributed by atoms with van der Waals surface area (Å²) in [6, 6.07) is 0. The summed E-state index contributed by atoms with van der Waals surface area (Å²) in [6.07, 6.45) is 4.56. The Balaban J connectivity index is 2.60. The second-order valence-electron chi connectivity index (χ2n) is 3.46. The van der Waals surface area contributed by atoms with Gasteiger partial charge in [0.1, 0.15) is 5.82 Å². The molecule has 0 fully saturated rings. The lowest BCUT2D eigenvalue weighted by Crippen LogP contribution is -2.22. The zero-order chi connectivity index (χ0) is 10.6. The number of halogens is 1. The molecule has 78 valence electrons. The smallest absolute Gasteiger partial charge is 0.149 e. The Morgan fingerprint density at radius 3 is 2.64 bits per heavy atom. The van der Waals surface area contributed by atoms with Gasteiger partial charge in [0.25, 0.3) is 0 Å². The minimum absolute atomic E-state index is 0.543. The van der Waals surface area contributed by atoms with Crippen LogP contribution in [-0.2, 0) is 0 Å². The summed E-state index contributed by atoms with van der Waals surface area (Å²) in [5.74, 6) is 0.973. The summed E-state index contributed by atoms with van der Waals surface area (Å²) < 4.78 is 0. The highest BCUT2D eigenvalue weighted by Crippen LogP contribution is 2.13. The van der Waals surface area contributed by atoms with Crippen LogP contribution in [0.25, 0.3) is 0 Å². The predicted octanol–water partition coefficient (Wildman–Crippen LogP) is 2.39. The second kappa shape index (κ2) is 5.29. The van der Waals surface area contributed by atoms with E-state index in [4.69, 9.17) is 0 Å². The van der Waals surface area contributed by atoms with Gasteiger partial charge in [0.15, 0.2) is 0 Å². The van der Waals surface area contributed by atoms with E-state index < -0.39 is 0 Å². The fraction of sp³-hybridized carbons (Fsp3) is 0.600. The van der Waals surface area contributed by atoms with Crippen LogP contribution in [0.1, 0.15) is 19.0 Å². The van der Waals surface area contributed by atoms with E-state index in [2.05, 4.69) is 37.7 Å². The second-order valence-corrected chi connectivity index (χ2v) is 5.02. The summed E-state index contributed by atoms with van der Waals surface area (Å²) in [5, 5.41) is 0. The molecular weight excluding hydrogens is 242 g/mol. The van der Waals surface area contributed by atoms with Crippen molar-refractivity contribution in [2.45, 2.75) is 25.1 Å². The zero-order valence-corrected chi connectivity index (χ0v) is 10.5. The van der Waals surface area contributed by atoms with E-state index in [1.54, 1.807) is 12.4 Å². The molecule has 0 aliphatic rings. The van der Waals surface area contributed by atoms with Gasteiger partial charge in [0.05, 0.1) is 5.69 Å². The Bertz CT molecular complexity index is 288. The molecule has 1 rings (SSSR count). The molecular formula is C10H16BrN3. The fourth-order valence-electron chi connectivity index (χ4n) is 1.25. The van der Waals surface area contributed by atoms with Crippen LogP contribution in [0.4, 0.5) is 5.82 Å². The highest BCUT2D eigenvalue weighted by atomic mass is 79.9. The third-order valence-corrected chi connectivity index (χ3v) is 2.54. The molecule has 14 heavy (non-hydrogen) atoms. The van der Waals surface area contributed by atoms with Crippen molar-refractivity contribution in [2.75, 3.05) is 18.5 Å². The summed E-state index contributed by atoms with van der Waals surface area (Å²) in [6.45, 7) is 5.12. The van der Waals surface area contributed by atoms with Gasteiger partial charge in [0.2, 0.25) is 0 Å². The molecule has 1 unspecified atom stereocenters. The predicted molar refractivity (Wildman–Crippen MR) is 63.0 cm³/mol. The first-order valence-corrected chi connectivity index (χ1v) is 5.65. The van der Waals surface area contributed by atoms with Gasteiger partial charge in [-0.25, -0.2) is 4.98 Å². The largest absolute Gasteiger partial charge is 0.358 e. The molecule has 1 aromatic heterocycles. The van der Waals surface area contributed by atoms with Gasteiger partial charge in [-0.05, 0) is 13.3 Å². The van der Waals surface area contributed by atoms with Crippen molar-refractivity contribution >= 4 is 21.7 Å². The first kappa shape index (κ1) is 11.4. The third-order valence-electron chi connectivity index (χ3n) is 2.08. The number of hydrogen-bond acceptors (Lipinski definition) is 3. The molecule has 1 aromatic rings. The van der Waals surface area contributed by atoms with E-state index in [1.165, 1.54) is 0 Å². The van der Waals surface area contributed by atoms with Crippen LogP contribution in [-0.4, -0.2) is 28.4 Å². The van der Waals surface area contributed by atoms with E-state index in [1.807, 2.05) is 14.0 Å². The summed E-state index contributed by atoms with van der Waals surface area (Å²) in [7, 11) is 2.05. The molecule has 0 bridgehead atoms. The molecule has 0 aliphatic heterocycles. The monoisotopic (exact) mass is 257 g/mol. The van der Waals surface area contributed by atoms with E-state index >= 15 is 0 Å². The van der Waals surface area contributed by atoms with E-state index in [0.717, 1.165) is 24.5 Å². The minimum Gasteiger partial charge on any atom is -0.358 e. The van der Waals surface area contributed by atoms with Crippen LogP contribution in [0.15, 0.2) is 12.4 Å². The number of aromatic nitrogens is 2. The van der Waals surface area contributed by atoms with Gasteiger partial charge in [-0.2, -0.15) is 0 Å². The molecule has 0 radical (unpaired) electrons. The lowest BCUT2D eigenvalue weighted by molar-refractivity contribution is 0.773. The van der Waals surface area contributed by atoms with Crippen LogP contribution in [0, 0.1) is 6.92 Å². The zero-order valence-electron chi connectivity index (χ0n) is 8.87. The van der Waals surface area contributed by atoms with Crippen molar-refractivity contribution in [3.8, 4) is 0 Å². The molecule has 3 nitrogen and oxygen atoms in total. The fourth-order valence-corrected chi connectivity index (χ4v) is 1.46. The maximum atomic E-state index is 4.30. The molecule has 0 aromatic carbocycles. The number of aryl methyl sites for hydroxylation is 1. The van der Waals surface area contributed by atoms with Gasteiger partial charge in [-0.15, -0.1) is 0 Å². The van der Waals surface area contributed by atoms with Crippen LogP contribution in [0.3, 0.4) is 0 Å². The van der Waals surface area contributed by atoms with E-state index in [9.17, 15) is 0 Å². The first-order valence-electron chi connectivity index (χ1n) is 4.74. The average molecular weight is 258 g/mol. The Labute approximate surface area is 93.7 Å². The van der Waals surface area contributed by atoms with Crippen LogP contribution in [0.5, 0.6) is 0 Å². The van der Waals surface area contributed by atoms with Gasteiger partial charge < -0.3 is 4.90 Å². The van der Waals surface area contributed by atoms with Crippen molar-refractivity contribution in [1.82, 2.24) is 9.97 Å². The topological polar surface area (TPSA) is 29.0 Å². The van der Waals surface area contributed by atoms with Gasteiger partial charge in [-0.1, -0.05) is 22.9 Å². The number of nitrogens with zero attached hydrogens (tertiary/aromatic N) is 3. The van der Waals surface area contributed by atoms with Crippen LogP contribution >= 0.6 is 15.9 Å². The lowest BCUT2D eigenvalue weighted by atomic mass is 10.3. The molecule has 0 spiro atoms. The van der Waals surface area contributed by atoms with Gasteiger partial charge in [0, 0.05) is 30.8 Å². The molecule has 1 heterocycles. The Morgan fingerprint density at radius 1 is 1.43 bits per heavy atom. The molecule has 0 aliphatic carbocycles. The molecule has 4 heteroatoms.